The van der Waals surface area contributed by atoms with E-state index in [0.29, 0.717) is 29.7 Å². The minimum Gasteiger partial charge on any atom is -0.497 e. The average molecular weight is 396 g/mol. The molecule has 0 radical (unpaired) electrons. The number of carbonyl (C=O) groups excluding carboxylic acids is 2. The SMILES string of the molecule is COCCNC(=S)NCCN1C(=O)S/C(=C\c2ccc(OC)cc2)C1=O. The van der Waals surface area contributed by atoms with E-state index in [2.05, 4.69) is 10.6 Å². The molecule has 0 bridgehead atoms. The Kier molecular flexibility index (Phi) is 7.89. The molecule has 7 nitrogen and oxygen atoms in total. The Labute approximate surface area is 162 Å². The average Bonchev–Trinajstić information content (AvgIpc) is 2.90. The van der Waals surface area contributed by atoms with Gasteiger partial charge in [-0.1, -0.05) is 12.1 Å². The van der Waals surface area contributed by atoms with E-state index >= 15 is 0 Å². The lowest BCUT2D eigenvalue weighted by molar-refractivity contribution is -0.122. The van der Waals surface area contributed by atoms with Crippen LogP contribution in [0.15, 0.2) is 29.2 Å². The molecule has 26 heavy (non-hydrogen) atoms. The minimum atomic E-state index is -0.295. The Morgan fingerprint density at radius 3 is 2.54 bits per heavy atom. The van der Waals surface area contributed by atoms with Crippen LogP contribution < -0.4 is 15.4 Å². The van der Waals surface area contributed by atoms with Gasteiger partial charge in [0.25, 0.3) is 11.1 Å². The number of benzene rings is 1. The summed E-state index contributed by atoms with van der Waals surface area (Å²) in [7, 11) is 3.20. The summed E-state index contributed by atoms with van der Waals surface area (Å²) in [5.74, 6) is 0.437. The summed E-state index contributed by atoms with van der Waals surface area (Å²) in [5, 5.41) is 6.10. The number of imide groups is 1. The van der Waals surface area contributed by atoms with Crippen LogP contribution in [0.1, 0.15) is 5.56 Å². The van der Waals surface area contributed by atoms with Crippen LogP contribution in [0.3, 0.4) is 0 Å². The van der Waals surface area contributed by atoms with E-state index in [0.717, 1.165) is 23.1 Å². The standard InChI is InChI=1S/C17H21N3O4S2/c1-23-10-8-19-16(25)18-7-9-20-15(21)14(26-17(20)22)11-12-3-5-13(24-2)6-4-12/h3-6,11H,7-10H2,1-2H3,(H2,18,19,25)/b14-11-. The largest absolute Gasteiger partial charge is 0.497 e. The number of thioether (sulfide) groups is 1. The highest BCUT2D eigenvalue weighted by Gasteiger charge is 2.34. The number of hydrogen-bond donors (Lipinski definition) is 2. The predicted octanol–water partition coefficient (Wildman–Crippen LogP) is 1.84. The van der Waals surface area contributed by atoms with Crippen LogP contribution in [-0.4, -0.2) is 61.6 Å². The van der Waals surface area contributed by atoms with Gasteiger partial charge in [0.2, 0.25) is 0 Å². The quantitative estimate of drug-likeness (QED) is 0.392. The van der Waals surface area contributed by atoms with Crippen molar-refractivity contribution in [2.75, 3.05) is 40.5 Å². The number of ether oxygens (including phenoxy) is 2. The fourth-order valence-electron chi connectivity index (χ4n) is 2.15. The Hall–Kier alpha value is -2.10. The van der Waals surface area contributed by atoms with Gasteiger partial charge in [-0.15, -0.1) is 0 Å². The summed E-state index contributed by atoms with van der Waals surface area (Å²) < 4.78 is 10.0. The molecule has 0 aromatic heterocycles. The molecule has 1 heterocycles. The van der Waals surface area contributed by atoms with Gasteiger partial charge in [0.1, 0.15) is 5.75 Å². The highest BCUT2D eigenvalue weighted by atomic mass is 32.2. The zero-order valence-electron chi connectivity index (χ0n) is 14.6. The Bertz CT molecular complexity index is 692. The van der Waals surface area contributed by atoms with Crippen molar-refractivity contribution in [2.45, 2.75) is 0 Å². The molecule has 0 saturated carbocycles. The van der Waals surface area contributed by atoms with Crippen molar-refractivity contribution in [1.82, 2.24) is 15.5 Å². The van der Waals surface area contributed by atoms with E-state index < -0.39 is 0 Å². The van der Waals surface area contributed by atoms with Crippen LogP contribution in [0.2, 0.25) is 0 Å². The van der Waals surface area contributed by atoms with Gasteiger partial charge >= 0.3 is 0 Å². The number of hydrogen-bond acceptors (Lipinski definition) is 6. The third kappa shape index (κ3) is 5.72. The lowest BCUT2D eigenvalue weighted by atomic mass is 10.2. The van der Waals surface area contributed by atoms with E-state index in [1.54, 1.807) is 32.4 Å². The first kappa shape index (κ1) is 20.2. The number of nitrogens with one attached hydrogen (secondary N) is 2. The molecule has 140 valence electrons. The third-order valence-corrected chi connectivity index (χ3v) is 4.70. The van der Waals surface area contributed by atoms with Gasteiger partial charge in [0.15, 0.2) is 5.11 Å². The zero-order chi connectivity index (χ0) is 18.9. The maximum Gasteiger partial charge on any atom is 0.293 e. The molecule has 0 aliphatic carbocycles. The first-order valence-corrected chi connectivity index (χ1v) is 9.17. The fraction of sp³-hybridized carbons (Fsp3) is 0.353. The van der Waals surface area contributed by atoms with Crippen LogP contribution in [0, 0.1) is 0 Å². The highest BCUT2D eigenvalue weighted by molar-refractivity contribution is 8.18. The summed E-state index contributed by atoms with van der Waals surface area (Å²) in [6.45, 7) is 1.76. The first-order chi connectivity index (χ1) is 12.5. The Morgan fingerprint density at radius 1 is 1.19 bits per heavy atom. The molecule has 1 aromatic carbocycles. The van der Waals surface area contributed by atoms with Gasteiger partial charge in [-0.2, -0.15) is 0 Å². The predicted molar refractivity (Wildman–Crippen MR) is 106 cm³/mol. The van der Waals surface area contributed by atoms with Crippen LogP contribution in [0.4, 0.5) is 4.79 Å². The molecule has 1 aromatic rings. The van der Waals surface area contributed by atoms with E-state index in [9.17, 15) is 9.59 Å². The van der Waals surface area contributed by atoms with Crippen molar-refractivity contribution in [2.24, 2.45) is 0 Å². The second-order valence-electron chi connectivity index (χ2n) is 5.28. The number of carbonyl (C=O) groups is 2. The van der Waals surface area contributed by atoms with Crippen molar-refractivity contribution >= 4 is 46.3 Å². The summed E-state index contributed by atoms with van der Waals surface area (Å²) in [6.07, 6.45) is 1.70. The number of rotatable bonds is 8. The molecule has 0 spiro atoms. The summed E-state index contributed by atoms with van der Waals surface area (Å²) >= 11 is 6.04. The fourth-order valence-corrected chi connectivity index (χ4v) is 3.22. The van der Waals surface area contributed by atoms with Gasteiger partial charge in [-0.25, -0.2) is 0 Å². The highest BCUT2D eigenvalue weighted by Crippen LogP contribution is 2.32. The van der Waals surface area contributed by atoms with Crippen molar-refractivity contribution in [3.05, 3.63) is 34.7 Å². The zero-order valence-corrected chi connectivity index (χ0v) is 16.2. The van der Waals surface area contributed by atoms with Crippen molar-refractivity contribution in [1.29, 1.82) is 0 Å². The summed E-state index contributed by atoms with van der Waals surface area (Å²) in [4.78, 5) is 26.1. The molecule has 1 fully saturated rings. The van der Waals surface area contributed by atoms with Gasteiger partial charge in [-0.3, -0.25) is 14.5 Å². The van der Waals surface area contributed by atoms with Gasteiger partial charge < -0.3 is 20.1 Å². The molecule has 2 amide bonds. The normalized spacial score (nSPS) is 15.5. The molecule has 0 atom stereocenters. The number of thiocarbonyl (C=S) groups is 1. The molecular formula is C17H21N3O4S2. The monoisotopic (exact) mass is 395 g/mol. The second-order valence-corrected chi connectivity index (χ2v) is 6.68. The van der Waals surface area contributed by atoms with Crippen molar-refractivity contribution in [3.8, 4) is 5.75 Å². The molecule has 1 saturated heterocycles. The van der Waals surface area contributed by atoms with Crippen LogP contribution >= 0.6 is 24.0 Å². The number of methoxy groups -OCH3 is 2. The molecule has 1 aliphatic rings. The summed E-state index contributed by atoms with van der Waals surface area (Å²) in [6, 6.07) is 7.27. The second kappa shape index (κ2) is 10.1. The van der Waals surface area contributed by atoms with Crippen LogP contribution in [-0.2, 0) is 9.53 Å². The lowest BCUT2D eigenvalue weighted by Gasteiger charge is -2.14. The maximum atomic E-state index is 12.4. The molecular weight excluding hydrogens is 374 g/mol. The molecule has 0 unspecified atom stereocenters. The summed E-state index contributed by atoms with van der Waals surface area (Å²) in [5.41, 5.74) is 0.831. The first-order valence-electron chi connectivity index (χ1n) is 7.95. The third-order valence-electron chi connectivity index (χ3n) is 3.50. The van der Waals surface area contributed by atoms with Crippen molar-refractivity contribution < 1.29 is 19.1 Å². The van der Waals surface area contributed by atoms with Gasteiger partial charge in [0.05, 0.1) is 18.6 Å². The van der Waals surface area contributed by atoms with E-state index in [1.165, 1.54) is 4.90 Å². The molecule has 2 rings (SSSR count). The van der Waals surface area contributed by atoms with Crippen LogP contribution in [0.5, 0.6) is 5.75 Å². The number of nitrogens with zero attached hydrogens (tertiary/aromatic N) is 1. The smallest absolute Gasteiger partial charge is 0.293 e. The Balaban J connectivity index is 1.87. The minimum absolute atomic E-state index is 0.247. The van der Waals surface area contributed by atoms with Gasteiger partial charge in [0, 0.05) is 26.7 Å². The van der Waals surface area contributed by atoms with E-state index in [-0.39, 0.29) is 17.7 Å². The van der Waals surface area contributed by atoms with E-state index in [4.69, 9.17) is 21.7 Å². The van der Waals surface area contributed by atoms with Crippen molar-refractivity contribution in [3.63, 3.8) is 0 Å². The lowest BCUT2D eigenvalue weighted by Crippen LogP contribution is -2.42. The maximum absolute atomic E-state index is 12.4. The van der Waals surface area contributed by atoms with Gasteiger partial charge in [-0.05, 0) is 47.8 Å². The molecule has 1 aliphatic heterocycles. The van der Waals surface area contributed by atoms with Crippen LogP contribution in [0.25, 0.3) is 6.08 Å². The number of amides is 2. The molecule has 9 heteroatoms. The molecule has 2 N–H and O–H groups in total. The van der Waals surface area contributed by atoms with E-state index in [1.807, 2.05) is 12.1 Å². The topological polar surface area (TPSA) is 79.9 Å². The Morgan fingerprint density at radius 2 is 1.88 bits per heavy atom.